The van der Waals surface area contributed by atoms with E-state index in [1.54, 1.807) is 12.1 Å². The van der Waals surface area contributed by atoms with Crippen molar-refractivity contribution >= 4 is 0 Å². The fourth-order valence-corrected chi connectivity index (χ4v) is 1.13. The molecule has 0 aliphatic heterocycles. The maximum absolute atomic E-state index is 13.3. The molecule has 1 atom stereocenters. The van der Waals surface area contributed by atoms with Gasteiger partial charge in [-0.15, -0.1) is 6.58 Å². The Hall–Kier alpha value is -1.66. The third-order valence-electron chi connectivity index (χ3n) is 2.14. The van der Waals surface area contributed by atoms with Gasteiger partial charge in [0.25, 0.3) is 0 Å². The molecule has 0 fully saturated rings. The lowest BCUT2D eigenvalue weighted by molar-refractivity contribution is 0.573. The SMILES string of the molecule is C=CC(C)NCc1cc(C#N)ccc1F. The second-order valence-corrected chi connectivity index (χ2v) is 3.32. The van der Waals surface area contributed by atoms with Gasteiger partial charge in [-0.1, -0.05) is 6.08 Å². The lowest BCUT2D eigenvalue weighted by Gasteiger charge is -2.09. The molecule has 0 aliphatic carbocycles. The Bertz CT molecular complexity index is 393. The van der Waals surface area contributed by atoms with Crippen LogP contribution in [0.15, 0.2) is 30.9 Å². The molecular weight excluding hydrogens is 191 g/mol. The molecule has 78 valence electrons. The Morgan fingerprint density at radius 3 is 3.00 bits per heavy atom. The largest absolute Gasteiger partial charge is 0.307 e. The zero-order chi connectivity index (χ0) is 11.3. The highest BCUT2D eigenvalue weighted by Gasteiger charge is 2.04. The van der Waals surface area contributed by atoms with Crippen LogP contribution < -0.4 is 5.32 Å². The first kappa shape index (κ1) is 11.4. The number of rotatable bonds is 4. The number of nitrogens with zero attached hydrogens (tertiary/aromatic N) is 1. The molecule has 0 saturated carbocycles. The van der Waals surface area contributed by atoms with Gasteiger partial charge in [0.1, 0.15) is 5.82 Å². The average molecular weight is 204 g/mol. The van der Waals surface area contributed by atoms with Crippen molar-refractivity contribution in [2.75, 3.05) is 0 Å². The van der Waals surface area contributed by atoms with Crippen LogP contribution in [0.5, 0.6) is 0 Å². The van der Waals surface area contributed by atoms with Crippen molar-refractivity contribution in [3.8, 4) is 6.07 Å². The van der Waals surface area contributed by atoms with Crippen molar-refractivity contribution in [2.45, 2.75) is 19.5 Å². The standard InChI is InChI=1S/C12H13FN2/c1-3-9(2)15-8-11-6-10(7-14)4-5-12(11)13/h3-6,9,15H,1,8H2,2H3. The first-order valence-corrected chi connectivity index (χ1v) is 4.72. The highest BCUT2D eigenvalue weighted by molar-refractivity contribution is 5.33. The van der Waals surface area contributed by atoms with Crippen molar-refractivity contribution in [3.05, 3.63) is 47.8 Å². The highest BCUT2D eigenvalue weighted by atomic mass is 19.1. The quantitative estimate of drug-likeness (QED) is 0.764. The van der Waals surface area contributed by atoms with E-state index >= 15 is 0 Å². The molecule has 0 spiro atoms. The Balaban J connectivity index is 2.76. The minimum Gasteiger partial charge on any atom is -0.307 e. The van der Waals surface area contributed by atoms with Crippen LogP contribution >= 0.6 is 0 Å². The van der Waals surface area contributed by atoms with Gasteiger partial charge in [-0.05, 0) is 25.1 Å². The lowest BCUT2D eigenvalue weighted by Crippen LogP contribution is -2.23. The van der Waals surface area contributed by atoms with Crippen LogP contribution in [0.4, 0.5) is 4.39 Å². The van der Waals surface area contributed by atoms with Crippen molar-refractivity contribution in [2.24, 2.45) is 0 Å². The van der Waals surface area contributed by atoms with E-state index in [1.165, 1.54) is 12.1 Å². The second kappa shape index (κ2) is 5.28. The third-order valence-corrected chi connectivity index (χ3v) is 2.14. The second-order valence-electron chi connectivity index (χ2n) is 3.32. The van der Waals surface area contributed by atoms with Gasteiger partial charge < -0.3 is 5.32 Å². The monoisotopic (exact) mass is 204 g/mol. The van der Waals surface area contributed by atoms with Crippen molar-refractivity contribution in [1.29, 1.82) is 5.26 Å². The summed E-state index contributed by atoms with van der Waals surface area (Å²) in [7, 11) is 0. The molecule has 0 aromatic heterocycles. The molecule has 0 saturated heterocycles. The fraction of sp³-hybridized carbons (Fsp3) is 0.250. The summed E-state index contributed by atoms with van der Waals surface area (Å²) in [6.45, 7) is 5.95. The topological polar surface area (TPSA) is 35.8 Å². The van der Waals surface area contributed by atoms with E-state index in [0.717, 1.165) is 0 Å². The van der Waals surface area contributed by atoms with Gasteiger partial charge in [-0.2, -0.15) is 5.26 Å². The molecule has 0 radical (unpaired) electrons. The first-order valence-electron chi connectivity index (χ1n) is 4.72. The summed E-state index contributed by atoms with van der Waals surface area (Å²) in [5, 5.41) is 11.7. The summed E-state index contributed by atoms with van der Waals surface area (Å²) >= 11 is 0. The van der Waals surface area contributed by atoms with Crippen LogP contribution in [0.2, 0.25) is 0 Å². The van der Waals surface area contributed by atoms with Gasteiger partial charge in [0, 0.05) is 18.2 Å². The molecular formula is C12H13FN2. The van der Waals surface area contributed by atoms with Crippen LogP contribution in [-0.4, -0.2) is 6.04 Å². The Morgan fingerprint density at radius 2 is 2.40 bits per heavy atom. The van der Waals surface area contributed by atoms with Crippen LogP contribution in [-0.2, 0) is 6.54 Å². The minimum atomic E-state index is -0.294. The maximum atomic E-state index is 13.3. The van der Waals surface area contributed by atoms with E-state index in [1.807, 2.05) is 13.0 Å². The van der Waals surface area contributed by atoms with Gasteiger partial charge in [0.15, 0.2) is 0 Å². The molecule has 3 heteroatoms. The molecule has 2 nitrogen and oxygen atoms in total. The summed E-state index contributed by atoms with van der Waals surface area (Å²) in [6, 6.07) is 6.44. The number of hydrogen-bond donors (Lipinski definition) is 1. The normalized spacial score (nSPS) is 11.8. The van der Waals surface area contributed by atoms with Gasteiger partial charge in [0.05, 0.1) is 11.6 Å². The molecule has 1 aromatic rings. The molecule has 1 rings (SSSR count). The maximum Gasteiger partial charge on any atom is 0.127 e. The number of hydrogen-bond acceptors (Lipinski definition) is 2. The van der Waals surface area contributed by atoms with E-state index in [4.69, 9.17) is 5.26 Å². The van der Waals surface area contributed by atoms with E-state index in [-0.39, 0.29) is 11.9 Å². The molecule has 1 unspecified atom stereocenters. The van der Waals surface area contributed by atoms with E-state index in [9.17, 15) is 4.39 Å². The van der Waals surface area contributed by atoms with E-state index in [0.29, 0.717) is 17.7 Å². The van der Waals surface area contributed by atoms with Gasteiger partial charge in [0.2, 0.25) is 0 Å². The molecule has 15 heavy (non-hydrogen) atoms. The lowest BCUT2D eigenvalue weighted by atomic mass is 10.1. The van der Waals surface area contributed by atoms with Crippen LogP contribution in [0, 0.1) is 17.1 Å². The Morgan fingerprint density at radius 1 is 1.67 bits per heavy atom. The van der Waals surface area contributed by atoms with E-state index < -0.39 is 0 Å². The van der Waals surface area contributed by atoms with Crippen LogP contribution in [0.1, 0.15) is 18.1 Å². The summed E-state index contributed by atoms with van der Waals surface area (Å²) in [4.78, 5) is 0. The van der Waals surface area contributed by atoms with E-state index in [2.05, 4.69) is 11.9 Å². The number of halogens is 1. The van der Waals surface area contributed by atoms with Gasteiger partial charge in [-0.3, -0.25) is 0 Å². The first-order chi connectivity index (χ1) is 7.17. The Kier molecular flexibility index (Phi) is 4.02. The zero-order valence-corrected chi connectivity index (χ0v) is 8.63. The van der Waals surface area contributed by atoms with Crippen molar-refractivity contribution in [1.82, 2.24) is 5.32 Å². The number of benzene rings is 1. The van der Waals surface area contributed by atoms with Gasteiger partial charge in [-0.25, -0.2) is 4.39 Å². The average Bonchev–Trinajstić information content (AvgIpc) is 2.27. The summed E-state index contributed by atoms with van der Waals surface area (Å²) in [5.41, 5.74) is 0.974. The summed E-state index contributed by atoms with van der Waals surface area (Å²) < 4.78 is 13.3. The van der Waals surface area contributed by atoms with Gasteiger partial charge >= 0.3 is 0 Å². The van der Waals surface area contributed by atoms with Crippen molar-refractivity contribution < 1.29 is 4.39 Å². The fourth-order valence-electron chi connectivity index (χ4n) is 1.13. The summed E-state index contributed by atoms with van der Waals surface area (Å²) in [5.74, 6) is -0.294. The van der Waals surface area contributed by atoms with Crippen LogP contribution in [0.25, 0.3) is 0 Å². The molecule has 1 aromatic carbocycles. The summed E-state index contributed by atoms with van der Waals surface area (Å²) in [6.07, 6.45) is 1.74. The minimum absolute atomic E-state index is 0.121. The number of nitriles is 1. The molecule has 0 bridgehead atoms. The smallest absolute Gasteiger partial charge is 0.127 e. The Labute approximate surface area is 89.0 Å². The molecule has 1 N–H and O–H groups in total. The van der Waals surface area contributed by atoms with Crippen molar-refractivity contribution in [3.63, 3.8) is 0 Å². The highest BCUT2D eigenvalue weighted by Crippen LogP contribution is 2.10. The predicted octanol–water partition coefficient (Wildman–Crippen LogP) is 2.36. The molecule has 0 heterocycles. The molecule has 0 aliphatic rings. The molecule has 0 amide bonds. The third kappa shape index (κ3) is 3.19. The number of nitrogens with one attached hydrogen (secondary N) is 1. The van der Waals surface area contributed by atoms with Crippen LogP contribution in [0.3, 0.4) is 0 Å². The predicted molar refractivity (Wildman–Crippen MR) is 57.6 cm³/mol. The zero-order valence-electron chi connectivity index (χ0n) is 8.63.